The highest BCUT2D eigenvalue weighted by Crippen LogP contribution is 2.31. The third-order valence-electron chi connectivity index (χ3n) is 3.52. The van der Waals surface area contributed by atoms with Crippen LogP contribution in [0.15, 0.2) is 30.5 Å². The Labute approximate surface area is 110 Å². The quantitative estimate of drug-likeness (QED) is 0.838. The Hall–Kier alpha value is -1.32. The van der Waals surface area contributed by atoms with Crippen LogP contribution >= 0.6 is 11.6 Å². The summed E-state index contributed by atoms with van der Waals surface area (Å²) in [6.07, 6.45) is 4.85. The van der Waals surface area contributed by atoms with Crippen LogP contribution in [0.1, 0.15) is 30.1 Å². The zero-order valence-electron chi connectivity index (χ0n) is 9.87. The third-order valence-corrected chi connectivity index (χ3v) is 3.76. The van der Waals surface area contributed by atoms with Gasteiger partial charge in [-0.15, -0.1) is 0 Å². The van der Waals surface area contributed by atoms with Gasteiger partial charge in [0, 0.05) is 23.0 Å². The Morgan fingerprint density at radius 2 is 2.17 bits per heavy atom. The molecule has 1 aromatic carbocycles. The summed E-state index contributed by atoms with van der Waals surface area (Å²) in [5, 5.41) is 0.536. The first-order valence-corrected chi connectivity index (χ1v) is 6.46. The highest BCUT2D eigenvalue weighted by Gasteiger charge is 2.21. The zero-order chi connectivity index (χ0) is 12.7. The topological polar surface area (TPSA) is 30.9 Å². The molecule has 0 saturated heterocycles. The van der Waals surface area contributed by atoms with Crippen molar-refractivity contribution >= 4 is 11.6 Å². The van der Waals surface area contributed by atoms with Crippen molar-refractivity contribution < 1.29 is 4.39 Å². The van der Waals surface area contributed by atoms with Crippen molar-refractivity contribution in [3.05, 3.63) is 52.6 Å². The molecule has 0 radical (unpaired) electrons. The fourth-order valence-corrected chi connectivity index (χ4v) is 2.79. The summed E-state index contributed by atoms with van der Waals surface area (Å²) in [4.78, 5) is 0. The van der Waals surface area contributed by atoms with E-state index < -0.39 is 0 Å². The number of benzene rings is 1. The number of nitrogens with two attached hydrogens (primary N) is 1. The van der Waals surface area contributed by atoms with Crippen molar-refractivity contribution in [1.29, 1.82) is 0 Å². The minimum absolute atomic E-state index is 0.0669. The second-order valence-electron chi connectivity index (χ2n) is 4.68. The van der Waals surface area contributed by atoms with Crippen LogP contribution in [0.25, 0.3) is 5.69 Å². The number of rotatable bonds is 1. The molecule has 1 atom stereocenters. The Morgan fingerprint density at radius 3 is 3.00 bits per heavy atom. The van der Waals surface area contributed by atoms with Gasteiger partial charge in [0.05, 0.1) is 5.69 Å². The smallest absolute Gasteiger partial charge is 0.147 e. The molecule has 0 fully saturated rings. The molecule has 3 rings (SSSR count). The molecule has 2 aromatic rings. The van der Waals surface area contributed by atoms with Crippen molar-refractivity contribution in [3.63, 3.8) is 0 Å². The lowest BCUT2D eigenvalue weighted by Crippen LogP contribution is -2.18. The Balaban J connectivity index is 2.15. The first kappa shape index (κ1) is 11.8. The average Bonchev–Trinajstić information content (AvgIpc) is 2.77. The van der Waals surface area contributed by atoms with E-state index in [4.69, 9.17) is 17.3 Å². The van der Waals surface area contributed by atoms with Crippen LogP contribution < -0.4 is 5.73 Å². The van der Waals surface area contributed by atoms with Crippen LogP contribution in [0, 0.1) is 5.82 Å². The Bertz CT molecular complexity index is 591. The van der Waals surface area contributed by atoms with Gasteiger partial charge in [0.1, 0.15) is 5.82 Å². The maximum atomic E-state index is 13.9. The van der Waals surface area contributed by atoms with E-state index in [1.807, 2.05) is 16.8 Å². The van der Waals surface area contributed by atoms with Crippen LogP contribution in [0.2, 0.25) is 5.02 Å². The number of hydrogen-bond acceptors (Lipinski definition) is 1. The number of hydrogen-bond donors (Lipinski definition) is 1. The normalized spacial score (nSPS) is 18.7. The number of fused-ring (bicyclic) bond motifs is 1. The summed E-state index contributed by atoms with van der Waals surface area (Å²) in [7, 11) is 0. The van der Waals surface area contributed by atoms with Crippen LogP contribution in [-0.4, -0.2) is 4.57 Å². The molecule has 0 aliphatic heterocycles. The van der Waals surface area contributed by atoms with Gasteiger partial charge in [0.15, 0.2) is 0 Å². The maximum Gasteiger partial charge on any atom is 0.147 e. The zero-order valence-corrected chi connectivity index (χ0v) is 10.6. The van der Waals surface area contributed by atoms with Gasteiger partial charge in [-0.1, -0.05) is 11.6 Å². The molecule has 1 aromatic heterocycles. The van der Waals surface area contributed by atoms with E-state index in [9.17, 15) is 4.39 Å². The number of aromatic nitrogens is 1. The average molecular weight is 265 g/mol. The second kappa shape index (κ2) is 4.41. The number of halogens is 2. The summed E-state index contributed by atoms with van der Waals surface area (Å²) >= 11 is 5.94. The van der Waals surface area contributed by atoms with E-state index in [2.05, 4.69) is 0 Å². The van der Waals surface area contributed by atoms with Gasteiger partial charge < -0.3 is 10.3 Å². The Kier molecular flexibility index (Phi) is 2.88. The lowest BCUT2D eigenvalue weighted by Gasteiger charge is -2.21. The van der Waals surface area contributed by atoms with Gasteiger partial charge in [-0.05, 0) is 49.1 Å². The third kappa shape index (κ3) is 1.84. The molecular formula is C14H14ClFN2. The summed E-state index contributed by atoms with van der Waals surface area (Å²) in [6.45, 7) is 0. The van der Waals surface area contributed by atoms with Gasteiger partial charge in [0.25, 0.3) is 0 Å². The van der Waals surface area contributed by atoms with Crippen LogP contribution in [0.4, 0.5) is 4.39 Å². The SMILES string of the molecule is NC1CCCc2c1ccn2-c1cc(Cl)ccc1F. The standard InChI is InChI=1S/C14H14ClFN2/c15-9-4-5-11(16)14(8-9)18-7-6-10-12(17)2-1-3-13(10)18/h4-8,12H,1-3,17H2. The van der Waals surface area contributed by atoms with Gasteiger partial charge in [-0.25, -0.2) is 4.39 Å². The van der Waals surface area contributed by atoms with Gasteiger partial charge in [-0.3, -0.25) is 0 Å². The minimum Gasteiger partial charge on any atom is -0.324 e. The van der Waals surface area contributed by atoms with E-state index in [1.54, 1.807) is 12.1 Å². The van der Waals surface area contributed by atoms with Crippen molar-refractivity contribution in [2.24, 2.45) is 5.73 Å². The van der Waals surface area contributed by atoms with Crippen molar-refractivity contribution in [2.45, 2.75) is 25.3 Å². The van der Waals surface area contributed by atoms with E-state index in [1.165, 1.54) is 6.07 Å². The highest BCUT2D eigenvalue weighted by molar-refractivity contribution is 6.30. The summed E-state index contributed by atoms with van der Waals surface area (Å²) in [5.74, 6) is -0.267. The predicted molar refractivity (Wildman–Crippen MR) is 70.6 cm³/mol. The molecule has 2 N–H and O–H groups in total. The van der Waals surface area contributed by atoms with Crippen LogP contribution in [-0.2, 0) is 6.42 Å². The fourth-order valence-electron chi connectivity index (χ4n) is 2.62. The molecule has 94 valence electrons. The molecule has 0 bridgehead atoms. The van der Waals surface area contributed by atoms with E-state index in [0.717, 1.165) is 30.5 Å². The molecule has 0 amide bonds. The van der Waals surface area contributed by atoms with E-state index >= 15 is 0 Å². The molecule has 1 aliphatic carbocycles. The predicted octanol–water partition coefficient (Wildman–Crippen LogP) is 3.61. The van der Waals surface area contributed by atoms with Gasteiger partial charge in [-0.2, -0.15) is 0 Å². The van der Waals surface area contributed by atoms with E-state index in [-0.39, 0.29) is 11.9 Å². The van der Waals surface area contributed by atoms with Crippen molar-refractivity contribution in [3.8, 4) is 5.69 Å². The van der Waals surface area contributed by atoms with Crippen molar-refractivity contribution in [2.75, 3.05) is 0 Å². The lowest BCUT2D eigenvalue weighted by molar-refractivity contribution is 0.555. The number of nitrogens with zero attached hydrogens (tertiary/aromatic N) is 1. The summed E-state index contributed by atoms with van der Waals surface area (Å²) < 4.78 is 15.8. The molecule has 0 saturated carbocycles. The fraction of sp³-hybridized carbons (Fsp3) is 0.286. The van der Waals surface area contributed by atoms with Crippen LogP contribution in [0.5, 0.6) is 0 Å². The molecule has 4 heteroatoms. The molecule has 18 heavy (non-hydrogen) atoms. The van der Waals surface area contributed by atoms with Gasteiger partial charge in [0.2, 0.25) is 0 Å². The molecular weight excluding hydrogens is 251 g/mol. The monoisotopic (exact) mass is 264 g/mol. The second-order valence-corrected chi connectivity index (χ2v) is 5.12. The molecule has 1 heterocycles. The lowest BCUT2D eigenvalue weighted by atomic mass is 9.93. The molecule has 2 nitrogen and oxygen atoms in total. The summed E-state index contributed by atoms with van der Waals surface area (Å²) in [5.41, 5.74) is 8.80. The molecule has 0 spiro atoms. The van der Waals surface area contributed by atoms with E-state index in [0.29, 0.717) is 10.7 Å². The first-order chi connectivity index (χ1) is 8.66. The van der Waals surface area contributed by atoms with Crippen molar-refractivity contribution in [1.82, 2.24) is 4.57 Å². The molecule has 1 unspecified atom stereocenters. The van der Waals surface area contributed by atoms with Gasteiger partial charge >= 0.3 is 0 Å². The molecule has 1 aliphatic rings. The highest BCUT2D eigenvalue weighted by atomic mass is 35.5. The Morgan fingerprint density at radius 1 is 1.33 bits per heavy atom. The summed E-state index contributed by atoms with van der Waals surface area (Å²) in [6, 6.07) is 6.66. The minimum atomic E-state index is -0.267. The largest absolute Gasteiger partial charge is 0.324 e. The van der Waals surface area contributed by atoms with Crippen LogP contribution in [0.3, 0.4) is 0 Å². The maximum absolute atomic E-state index is 13.9. The first-order valence-electron chi connectivity index (χ1n) is 6.08.